The molecule has 116 valence electrons. The number of rotatable bonds is 5. The molecule has 1 aliphatic heterocycles. The molecule has 0 bridgehead atoms. The van der Waals surface area contributed by atoms with Crippen molar-refractivity contribution in [1.82, 2.24) is 4.90 Å². The van der Waals surface area contributed by atoms with E-state index in [1.54, 1.807) is 6.07 Å². The maximum Gasteiger partial charge on any atom is 0.322 e. The summed E-state index contributed by atoms with van der Waals surface area (Å²) in [4.78, 5) is 14.5. The lowest BCUT2D eigenvalue weighted by molar-refractivity contribution is 0.163. The van der Waals surface area contributed by atoms with Crippen LogP contribution in [0.3, 0.4) is 0 Å². The van der Waals surface area contributed by atoms with Crippen LogP contribution in [0.15, 0.2) is 18.2 Å². The van der Waals surface area contributed by atoms with E-state index in [9.17, 15) is 4.79 Å². The van der Waals surface area contributed by atoms with Crippen molar-refractivity contribution in [3.8, 4) is 11.5 Å². The molecule has 1 N–H and O–H groups in total. The normalized spacial score (nSPS) is 15.4. The Hall–Kier alpha value is -1.91. The molecular formula is C16H24N2O3. The van der Waals surface area contributed by atoms with Crippen LogP contribution >= 0.6 is 0 Å². The van der Waals surface area contributed by atoms with E-state index in [-0.39, 0.29) is 24.9 Å². The summed E-state index contributed by atoms with van der Waals surface area (Å²) in [6.07, 6.45) is 1.86. The van der Waals surface area contributed by atoms with Gasteiger partial charge in [-0.3, -0.25) is 0 Å². The first kappa shape index (κ1) is 15.5. The van der Waals surface area contributed by atoms with E-state index in [0.29, 0.717) is 11.5 Å². The van der Waals surface area contributed by atoms with Crippen LogP contribution in [0.1, 0.15) is 40.5 Å². The van der Waals surface area contributed by atoms with Gasteiger partial charge >= 0.3 is 6.03 Å². The summed E-state index contributed by atoms with van der Waals surface area (Å²) < 4.78 is 10.6. The molecule has 0 unspecified atom stereocenters. The van der Waals surface area contributed by atoms with Crippen molar-refractivity contribution in [2.45, 2.75) is 52.6 Å². The third-order valence-corrected chi connectivity index (χ3v) is 3.99. The van der Waals surface area contributed by atoms with Crippen LogP contribution in [0.2, 0.25) is 0 Å². The highest BCUT2D eigenvalue weighted by Gasteiger charge is 2.24. The number of amides is 2. The quantitative estimate of drug-likeness (QED) is 0.897. The van der Waals surface area contributed by atoms with Crippen molar-refractivity contribution >= 4 is 11.7 Å². The van der Waals surface area contributed by atoms with E-state index < -0.39 is 0 Å². The van der Waals surface area contributed by atoms with Gasteiger partial charge in [0.15, 0.2) is 11.5 Å². The minimum absolute atomic E-state index is 0.0717. The highest BCUT2D eigenvalue weighted by atomic mass is 16.7. The fourth-order valence-corrected chi connectivity index (χ4v) is 2.39. The first-order chi connectivity index (χ1) is 10.1. The molecule has 0 saturated carbocycles. The van der Waals surface area contributed by atoms with Crippen LogP contribution in [-0.2, 0) is 0 Å². The Labute approximate surface area is 126 Å². The predicted molar refractivity (Wildman–Crippen MR) is 82.9 cm³/mol. The number of carbonyl (C=O) groups is 1. The zero-order valence-electron chi connectivity index (χ0n) is 13.2. The van der Waals surface area contributed by atoms with Crippen molar-refractivity contribution in [3.63, 3.8) is 0 Å². The molecule has 21 heavy (non-hydrogen) atoms. The Kier molecular flexibility index (Phi) is 4.94. The lowest BCUT2D eigenvalue weighted by Gasteiger charge is -2.33. The van der Waals surface area contributed by atoms with Crippen LogP contribution in [-0.4, -0.2) is 29.8 Å². The van der Waals surface area contributed by atoms with Crippen LogP contribution < -0.4 is 14.8 Å². The van der Waals surface area contributed by atoms with Crippen LogP contribution in [0.25, 0.3) is 0 Å². The van der Waals surface area contributed by atoms with Crippen molar-refractivity contribution in [1.29, 1.82) is 0 Å². The SMILES string of the molecule is CC[C@@H](C)N(C(=O)Nc1ccc2c(c1)OCO2)[C@@H](C)CC. The molecule has 2 atom stereocenters. The maximum atomic E-state index is 12.6. The molecule has 5 nitrogen and oxygen atoms in total. The standard InChI is InChI=1S/C16H24N2O3/c1-5-11(3)18(12(4)6-2)16(19)17-13-7-8-14-15(9-13)21-10-20-14/h7-9,11-12H,5-6,10H2,1-4H3,(H,17,19)/t11-,12+. The summed E-state index contributed by atoms with van der Waals surface area (Å²) in [6, 6.07) is 5.78. The fourth-order valence-electron chi connectivity index (χ4n) is 2.39. The summed E-state index contributed by atoms with van der Waals surface area (Å²) in [6.45, 7) is 8.57. The Balaban J connectivity index is 2.11. The molecular weight excluding hydrogens is 268 g/mol. The highest BCUT2D eigenvalue weighted by Crippen LogP contribution is 2.34. The van der Waals surface area contributed by atoms with E-state index in [0.717, 1.165) is 18.5 Å². The van der Waals surface area contributed by atoms with Crippen molar-refractivity contribution in [3.05, 3.63) is 18.2 Å². The number of fused-ring (bicyclic) bond motifs is 1. The minimum Gasteiger partial charge on any atom is -0.454 e. The second-order valence-corrected chi connectivity index (χ2v) is 5.42. The Morgan fingerprint density at radius 1 is 1.19 bits per heavy atom. The summed E-state index contributed by atoms with van der Waals surface area (Å²) in [7, 11) is 0. The van der Waals surface area contributed by atoms with E-state index in [1.807, 2.05) is 17.0 Å². The molecule has 1 aromatic rings. The molecule has 1 heterocycles. The third-order valence-electron chi connectivity index (χ3n) is 3.99. The largest absolute Gasteiger partial charge is 0.454 e. The maximum absolute atomic E-state index is 12.6. The molecule has 0 saturated heterocycles. The Morgan fingerprint density at radius 3 is 2.43 bits per heavy atom. The van der Waals surface area contributed by atoms with Gasteiger partial charge in [0, 0.05) is 23.8 Å². The molecule has 0 aromatic heterocycles. The molecule has 0 spiro atoms. The predicted octanol–water partition coefficient (Wildman–Crippen LogP) is 3.85. The van der Waals surface area contributed by atoms with Crippen LogP contribution in [0.4, 0.5) is 10.5 Å². The summed E-state index contributed by atoms with van der Waals surface area (Å²) in [5, 5.41) is 2.95. The zero-order valence-corrected chi connectivity index (χ0v) is 13.2. The number of anilines is 1. The molecule has 2 amide bonds. The smallest absolute Gasteiger partial charge is 0.322 e. The van der Waals surface area contributed by atoms with Crippen LogP contribution in [0, 0.1) is 0 Å². The van der Waals surface area contributed by atoms with Gasteiger partial charge in [-0.1, -0.05) is 13.8 Å². The van der Waals surface area contributed by atoms with Gasteiger partial charge in [0.2, 0.25) is 6.79 Å². The van der Waals surface area contributed by atoms with Gasteiger partial charge in [-0.2, -0.15) is 0 Å². The van der Waals surface area contributed by atoms with E-state index >= 15 is 0 Å². The molecule has 0 fully saturated rings. The Bertz CT molecular complexity index is 494. The fraction of sp³-hybridized carbons (Fsp3) is 0.562. The minimum atomic E-state index is -0.0717. The second kappa shape index (κ2) is 6.70. The second-order valence-electron chi connectivity index (χ2n) is 5.42. The van der Waals surface area contributed by atoms with E-state index in [1.165, 1.54) is 0 Å². The topological polar surface area (TPSA) is 50.8 Å². The number of hydrogen-bond acceptors (Lipinski definition) is 3. The van der Waals surface area contributed by atoms with Gasteiger partial charge < -0.3 is 19.7 Å². The highest BCUT2D eigenvalue weighted by molar-refractivity contribution is 5.90. The number of carbonyl (C=O) groups excluding carboxylic acids is 1. The van der Waals surface area contributed by atoms with Gasteiger partial charge in [0.05, 0.1) is 0 Å². The van der Waals surface area contributed by atoms with Gasteiger partial charge in [-0.25, -0.2) is 4.79 Å². The van der Waals surface area contributed by atoms with E-state index in [4.69, 9.17) is 9.47 Å². The number of benzene rings is 1. The Morgan fingerprint density at radius 2 is 1.81 bits per heavy atom. The first-order valence-electron chi connectivity index (χ1n) is 7.55. The van der Waals surface area contributed by atoms with Crippen LogP contribution in [0.5, 0.6) is 11.5 Å². The molecule has 2 rings (SSSR count). The molecule has 0 aliphatic carbocycles. The summed E-state index contributed by atoms with van der Waals surface area (Å²) >= 11 is 0. The zero-order chi connectivity index (χ0) is 15.4. The number of hydrogen-bond donors (Lipinski definition) is 1. The monoisotopic (exact) mass is 292 g/mol. The van der Waals surface area contributed by atoms with Crippen molar-refractivity contribution in [2.75, 3.05) is 12.1 Å². The average molecular weight is 292 g/mol. The summed E-state index contributed by atoms with van der Waals surface area (Å²) in [5.41, 5.74) is 0.723. The number of nitrogens with one attached hydrogen (secondary N) is 1. The first-order valence-corrected chi connectivity index (χ1v) is 7.55. The average Bonchev–Trinajstić information content (AvgIpc) is 2.94. The van der Waals surface area contributed by atoms with Gasteiger partial charge in [0.1, 0.15) is 0 Å². The molecule has 1 aromatic carbocycles. The van der Waals surface area contributed by atoms with Gasteiger partial charge in [-0.15, -0.1) is 0 Å². The lowest BCUT2D eigenvalue weighted by atomic mass is 10.1. The number of nitrogens with zero attached hydrogens (tertiary/aromatic N) is 1. The summed E-state index contributed by atoms with van der Waals surface area (Å²) in [5.74, 6) is 1.39. The lowest BCUT2D eigenvalue weighted by Crippen LogP contribution is -2.46. The molecule has 0 radical (unpaired) electrons. The van der Waals surface area contributed by atoms with Crippen molar-refractivity contribution < 1.29 is 14.3 Å². The number of ether oxygens (including phenoxy) is 2. The molecule has 5 heteroatoms. The van der Waals surface area contributed by atoms with Crippen molar-refractivity contribution in [2.24, 2.45) is 0 Å². The van der Waals surface area contributed by atoms with E-state index in [2.05, 4.69) is 33.0 Å². The van der Waals surface area contributed by atoms with Gasteiger partial charge in [-0.05, 0) is 38.8 Å². The molecule has 1 aliphatic rings. The number of urea groups is 1. The van der Waals surface area contributed by atoms with Gasteiger partial charge in [0.25, 0.3) is 0 Å². The third kappa shape index (κ3) is 3.40.